The van der Waals surface area contributed by atoms with Gasteiger partial charge in [-0.3, -0.25) is 19.2 Å². The molecule has 3 saturated heterocycles. The first kappa shape index (κ1) is 61.4. The summed E-state index contributed by atoms with van der Waals surface area (Å²) in [7, 11) is 3.02. The number of nitrogens with zero attached hydrogens (tertiary/aromatic N) is 1. The molecule has 5 rings (SSSR count). The zero-order valence-corrected chi connectivity index (χ0v) is 46.0. The zero-order chi connectivity index (χ0) is 54.1. The van der Waals surface area contributed by atoms with Gasteiger partial charge in [-0.05, 0) is 126 Å². The van der Waals surface area contributed by atoms with Crippen molar-refractivity contribution < 1.29 is 72.5 Å². The van der Waals surface area contributed by atoms with E-state index in [-0.39, 0.29) is 74.1 Å². The van der Waals surface area contributed by atoms with Gasteiger partial charge in [-0.15, -0.1) is 0 Å². The second kappa shape index (κ2) is 29.9. The third kappa shape index (κ3) is 17.0. The number of hydrogen-bond acceptors (Lipinski definition) is 15. The van der Waals surface area contributed by atoms with Crippen molar-refractivity contribution in [2.45, 2.75) is 193 Å². The Bertz CT molecular complexity index is 1960. The van der Waals surface area contributed by atoms with Gasteiger partial charge in [0.1, 0.15) is 30.1 Å². The van der Waals surface area contributed by atoms with Crippen molar-refractivity contribution in [3.05, 3.63) is 47.6 Å². The average molecular weight is 1040 g/mol. The summed E-state index contributed by atoms with van der Waals surface area (Å²) in [4.78, 5) is 72.9. The number of piperidine rings is 1. The molecule has 74 heavy (non-hydrogen) atoms. The SMILES string of the molecule is CO[C@@H]1C[C@H](C[C@@H](C)[C@@H]2CC(=O)[C@H](C)/C=C(\C)[C@@H](O)[C@@H](OC)C(=O)[C@H](C)C[C@H](C)/C=C/C=C/C=C(\C)[C@@H](OCC3CCOCC3)C[C@@H]3CC[C@@H](C)[C@@](O)(O3)C(=O)C(=O)N3CCCC[C@H]3C(=O)O2)CC[C@@H]1OCCO. The van der Waals surface area contributed by atoms with Crippen LogP contribution < -0.4 is 0 Å². The molecule has 5 aliphatic rings. The molecular formula is C58H91NO15. The van der Waals surface area contributed by atoms with Gasteiger partial charge >= 0.3 is 5.97 Å². The molecule has 0 radical (unpaired) electrons. The second-order valence-electron chi connectivity index (χ2n) is 22.3. The largest absolute Gasteiger partial charge is 0.460 e. The maximum absolute atomic E-state index is 14.6. The highest BCUT2D eigenvalue weighted by Gasteiger charge is 2.53. The first-order valence-electron chi connectivity index (χ1n) is 27.7. The quantitative estimate of drug-likeness (QED) is 0.108. The van der Waals surface area contributed by atoms with Crippen molar-refractivity contribution >= 4 is 29.2 Å². The molecule has 1 amide bonds. The molecule has 0 unspecified atom stereocenters. The van der Waals surface area contributed by atoms with Crippen molar-refractivity contribution in [2.24, 2.45) is 41.4 Å². The molecule has 4 aliphatic heterocycles. The van der Waals surface area contributed by atoms with Crippen LogP contribution >= 0.6 is 0 Å². The number of ether oxygens (including phenoxy) is 7. The lowest BCUT2D eigenvalue weighted by atomic mass is 9.78. The van der Waals surface area contributed by atoms with E-state index in [1.54, 1.807) is 34.0 Å². The number of fused-ring (bicyclic) bond motifs is 3. The maximum Gasteiger partial charge on any atom is 0.329 e. The van der Waals surface area contributed by atoms with Gasteiger partial charge in [0.15, 0.2) is 5.78 Å². The Hall–Kier alpha value is -3.45. The maximum atomic E-state index is 14.6. The number of rotatable bonds is 11. The Labute approximate surface area is 440 Å². The molecule has 16 nitrogen and oxygen atoms in total. The minimum absolute atomic E-state index is 0.00546. The highest BCUT2D eigenvalue weighted by molar-refractivity contribution is 6.39. The highest BCUT2D eigenvalue weighted by atomic mass is 16.6. The number of allylic oxidation sites excluding steroid dienone is 6. The zero-order valence-electron chi connectivity index (χ0n) is 46.0. The second-order valence-corrected chi connectivity index (χ2v) is 22.3. The predicted molar refractivity (Wildman–Crippen MR) is 278 cm³/mol. The van der Waals surface area contributed by atoms with Crippen LogP contribution in [-0.2, 0) is 57.1 Å². The number of Topliss-reactive ketones (excluding diaryl/α,β-unsaturated/α-hetero) is 3. The Morgan fingerprint density at radius 1 is 0.824 bits per heavy atom. The van der Waals surface area contributed by atoms with Crippen LogP contribution in [-0.4, -0.2) is 158 Å². The minimum atomic E-state index is -2.45. The molecule has 4 heterocycles. The number of aliphatic hydroxyl groups excluding tert-OH is 2. The van der Waals surface area contributed by atoms with Crippen LogP contribution in [0.15, 0.2) is 47.6 Å². The summed E-state index contributed by atoms with van der Waals surface area (Å²) in [6.45, 7) is 14.8. The van der Waals surface area contributed by atoms with Gasteiger partial charge in [0, 0.05) is 64.6 Å². The van der Waals surface area contributed by atoms with E-state index in [0.29, 0.717) is 89.1 Å². The van der Waals surface area contributed by atoms with Gasteiger partial charge in [-0.25, -0.2) is 4.79 Å². The average Bonchev–Trinajstić information content (AvgIpc) is 3.39. The number of esters is 1. The van der Waals surface area contributed by atoms with Gasteiger partial charge in [-0.2, -0.15) is 0 Å². The molecule has 3 N–H and O–H groups in total. The molecule has 0 spiro atoms. The predicted octanol–water partition coefficient (Wildman–Crippen LogP) is 6.99. The molecule has 15 atom stereocenters. The van der Waals surface area contributed by atoms with E-state index in [0.717, 1.165) is 24.8 Å². The number of carbonyl (C=O) groups is 5. The van der Waals surface area contributed by atoms with Gasteiger partial charge in [0.25, 0.3) is 11.7 Å². The third-order valence-electron chi connectivity index (χ3n) is 16.5. The summed E-state index contributed by atoms with van der Waals surface area (Å²) < 4.78 is 42.2. The van der Waals surface area contributed by atoms with E-state index in [4.69, 9.17) is 33.2 Å². The number of cyclic esters (lactones) is 1. The number of hydrogen-bond donors (Lipinski definition) is 3. The summed E-state index contributed by atoms with van der Waals surface area (Å²) in [6, 6.07) is -1.15. The third-order valence-corrected chi connectivity index (χ3v) is 16.5. The van der Waals surface area contributed by atoms with Crippen LogP contribution in [0.25, 0.3) is 0 Å². The van der Waals surface area contributed by atoms with E-state index in [1.165, 1.54) is 12.0 Å². The fourth-order valence-corrected chi connectivity index (χ4v) is 11.6. The lowest BCUT2D eigenvalue weighted by Gasteiger charge is -2.43. The lowest BCUT2D eigenvalue weighted by Crippen LogP contribution is -2.61. The molecule has 1 aliphatic carbocycles. The van der Waals surface area contributed by atoms with E-state index in [2.05, 4.69) is 0 Å². The van der Waals surface area contributed by atoms with Crippen LogP contribution in [0.3, 0.4) is 0 Å². The first-order chi connectivity index (χ1) is 35.3. The smallest absolute Gasteiger partial charge is 0.329 e. The van der Waals surface area contributed by atoms with Crippen LogP contribution in [0.4, 0.5) is 0 Å². The molecule has 0 aromatic carbocycles. The number of amides is 1. The number of ketones is 3. The van der Waals surface area contributed by atoms with Gasteiger partial charge in [0.2, 0.25) is 5.79 Å². The number of methoxy groups -OCH3 is 2. The van der Waals surface area contributed by atoms with Crippen LogP contribution in [0.5, 0.6) is 0 Å². The Morgan fingerprint density at radius 3 is 2.27 bits per heavy atom. The summed E-state index contributed by atoms with van der Waals surface area (Å²) in [6.07, 6.45) is 13.8. The minimum Gasteiger partial charge on any atom is -0.460 e. The van der Waals surface area contributed by atoms with Gasteiger partial charge in [0.05, 0.1) is 44.2 Å². The highest BCUT2D eigenvalue weighted by Crippen LogP contribution is 2.38. The molecular weight excluding hydrogens is 951 g/mol. The fourth-order valence-electron chi connectivity index (χ4n) is 11.6. The summed E-state index contributed by atoms with van der Waals surface area (Å²) in [5.41, 5.74) is 1.30. The lowest BCUT2D eigenvalue weighted by molar-refractivity contribution is -0.266. The molecule has 0 aromatic rings. The fraction of sp³-hybridized carbons (Fsp3) is 0.776. The van der Waals surface area contributed by atoms with Crippen LogP contribution in [0, 0.1) is 41.4 Å². The molecule has 4 fully saturated rings. The van der Waals surface area contributed by atoms with Crippen molar-refractivity contribution in [1.29, 1.82) is 0 Å². The summed E-state index contributed by atoms with van der Waals surface area (Å²) in [5.74, 6) is -7.71. The van der Waals surface area contributed by atoms with E-state index >= 15 is 0 Å². The molecule has 2 bridgehead atoms. The Balaban J connectivity index is 1.47. The molecule has 0 aromatic heterocycles. The van der Waals surface area contributed by atoms with Crippen LogP contribution in [0.1, 0.15) is 138 Å². The van der Waals surface area contributed by atoms with Crippen LogP contribution in [0.2, 0.25) is 0 Å². The van der Waals surface area contributed by atoms with E-state index in [9.17, 15) is 39.3 Å². The molecule has 418 valence electrons. The number of aliphatic hydroxyl groups is 3. The summed E-state index contributed by atoms with van der Waals surface area (Å²) in [5, 5.41) is 33.2. The van der Waals surface area contributed by atoms with Crippen molar-refractivity contribution in [1.82, 2.24) is 4.90 Å². The van der Waals surface area contributed by atoms with Gasteiger partial charge < -0.3 is 53.4 Å². The van der Waals surface area contributed by atoms with Crippen molar-refractivity contribution in [3.63, 3.8) is 0 Å². The standard InChI is InChI=1S/C58H91NO15/c1-36-15-11-10-12-16-37(2)49(72-35-43-22-26-70-27-23-43)33-45-20-18-42(7)58(67,74-45)55(64)56(65)59-24-14-13-17-46(59)57(66)73-50(39(4)31-44-19-21-48(71-28-25-60)51(32-44)68-8)34-47(61)38(3)30-41(6)53(63)54(69-9)52(62)40(5)29-36/h10-12,15-16,30,36,38-40,42-46,48-51,53-54,60,63,67H,13-14,17-29,31-35H2,1-9H3/b12-10+,15-11+,37-16+,41-30+/t36-,38-,39-,40-,42-,44+,45+,46+,48+,49+,50+,51-,53-,54+,58-/m1/s1. The first-order valence-corrected chi connectivity index (χ1v) is 27.7. The molecule has 1 saturated carbocycles. The van der Waals surface area contributed by atoms with E-state index < -0.39 is 77.8 Å². The Kier molecular flexibility index (Phi) is 24.8. The number of carbonyl (C=O) groups excluding carboxylic acids is 5. The van der Waals surface area contributed by atoms with Crippen molar-refractivity contribution in [3.8, 4) is 0 Å². The summed E-state index contributed by atoms with van der Waals surface area (Å²) >= 11 is 0. The topological polar surface area (TPSA) is 214 Å². The Morgan fingerprint density at radius 2 is 1.57 bits per heavy atom. The normalized spacial score (nSPS) is 38.5. The monoisotopic (exact) mass is 1040 g/mol. The van der Waals surface area contributed by atoms with Gasteiger partial charge in [-0.1, -0.05) is 71.1 Å². The molecule has 16 heteroatoms. The van der Waals surface area contributed by atoms with Crippen molar-refractivity contribution in [2.75, 3.05) is 53.8 Å². The van der Waals surface area contributed by atoms with E-state index in [1.807, 2.05) is 58.1 Å².